The van der Waals surface area contributed by atoms with E-state index in [-0.39, 0.29) is 11.7 Å². The third-order valence-corrected chi connectivity index (χ3v) is 4.81. The molecule has 1 aliphatic heterocycles. The van der Waals surface area contributed by atoms with Crippen molar-refractivity contribution in [1.82, 2.24) is 20.2 Å². The first-order valence-electron chi connectivity index (χ1n) is 9.49. The van der Waals surface area contributed by atoms with E-state index in [4.69, 9.17) is 4.74 Å². The predicted octanol–water partition coefficient (Wildman–Crippen LogP) is 1.50. The number of amides is 1. The molecule has 1 amide bonds. The van der Waals surface area contributed by atoms with Crippen molar-refractivity contribution in [2.75, 3.05) is 51.3 Å². The summed E-state index contributed by atoms with van der Waals surface area (Å²) in [4.78, 5) is 25.1. The smallest absolute Gasteiger partial charge is 0.225 e. The molecule has 2 heterocycles. The maximum Gasteiger partial charge on any atom is 0.225 e. The number of aromatic nitrogens is 2. The zero-order valence-corrected chi connectivity index (χ0v) is 16.1. The number of hydrogen-bond acceptors (Lipinski definition) is 6. The number of halogens is 1. The Morgan fingerprint density at radius 3 is 2.64 bits per heavy atom. The molecule has 0 saturated carbocycles. The Morgan fingerprint density at radius 2 is 1.96 bits per heavy atom. The van der Waals surface area contributed by atoms with E-state index >= 15 is 0 Å². The number of piperazine rings is 1. The molecule has 1 N–H and O–H groups in total. The molecule has 7 nitrogen and oxygen atoms in total. The van der Waals surface area contributed by atoms with Crippen LogP contribution in [-0.4, -0.2) is 67.2 Å². The van der Waals surface area contributed by atoms with Gasteiger partial charge in [-0.1, -0.05) is 6.07 Å². The van der Waals surface area contributed by atoms with Crippen molar-refractivity contribution in [2.24, 2.45) is 0 Å². The monoisotopic (exact) mass is 387 g/mol. The van der Waals surface area contributed by atoms with E-state index in [0.29, 0.717) is 19.4 Å². The van der Waals surface area contributed by atoms with Crippen molar-refractivity contribution in [3.8, 4) is 5.75 Å². The van der Waals surface area contributed by atoms with Gasteiger partial charge in [0.05, 0.1) is 7.11 Å². The minimum absolute atomic E-state index is 0.0208. The van der Waals surface area contributed by atoms with E-state index in [0.717, 1.165) is 44.2 Å². The molecule has 1 aromatic carbocycles. The molecule has 1 aliphatic rings. The number of aryl methyl sites for hydroxylation is 1. The molecule has 0 radical (unpaired) electrons. The van der Waals surface area contributed by atoms with Crippen molar-refractivity contribution >= 4 is 11.9 Å². The van der Waals surface area contributed by atoms with Gasteiger partial charge in [0, 0.05) is 58.1 Å². The topological polar surface area (TPSA) is 70.6 Å². The summed E-state index contributed by atoms with van der Waals surface area (Å²) < 4.78 is 18.6. The molecule has 0 atom stereocenters. The molecule has 1 aromatic heterocycles. The molecule has 1 saturated heterocycles. The van der Waals surface area contributed by atoms with Crippen LogP contribution in [0.15, 0.2) is 36.7 Å². The minimum atomic E-state index is -0.402. The number of hydrogen-bond donors (Lipinski definition) is 1. The molecule has 28 heavy (non-hydrogen) atoms. The van der Waals surface area contributed by atoms with Crippen LogP contribution in [0.4, 0.5) is 10.3 Å². The van der Waals surface area contributed by atoms with Gasteiger partial charge in [-0.3, -0.25) is 9.69 Å². The fourth-order valence-corrected chi connectivity index (χ4v) is 3.19. The summed E-state index contributed by atoms with van der Waals surface area (Å²) in [5.74, 6) is 0.561. The van der Waals surface area contributed by atoms with Gasteiger partial charge in [0.2, 0.25) is 11.9 Å². The van der Waals surface area contributed by atoms with Gasteiger partial charge in [0.15, 0.2) is 11.6 Å². The second kappa shape index (κ2) is 9.98. The largest absolute Gasteiger partial charge is 0.494 e. The molecule has 2 aromatic rings. The zero-order valence-electron chi connectivity index (χ0n) is 16.1. The summed E-state index contributed by atoms with van der Waals surface area (Å²) in [6, 6.07) is 6.60. The van der Waals surface area contributed by atoms with Gasteiger partial charge in [-0.2, -0.15) is 0 Å². The number of rotatable bonds is 8. The lowest BCUT2D eigenvalue weighted by molar-refractivity contribution is -0.121. The van der Waals surface area contributed by atoms with Gasteiger partial charge < -0.3 is 15.0 Å². The summed E-state index contributed by atoms with van der Waals surface area (Å²) in [7, 11) is 1.43. The average molecular weight is 387 g/mol. The highest BCUT2D eigenvalue weighted by molar-refractivity contribution is 5.76. The lowest BCUT2D eigenvalue weighted by Gasteiger charge is -2.34. The number of ether oxygens (including phenoxy) is 1. The maximum absolute atomic E-state index is 13.7. The number of carbonyl (C=O) groups excluding carboxylic acids is 1. The molecule has 1 fully saturated rings. The van der Waals surface area contributed by atoms with Crippen LogP contribution in [0.1, 0.15) is 12.0 Å². The van der Waals surface area contributed by atoms with E-state index in [1.54, 1.807) is 24.5 Å². The van der Waals surface area contributed by atoms with Crippen LogP contribution in [-0.2, 0) is 11.2 Å². The lowest BCUT2D eigenvalue weighted by Crippen LogP contribution is -2.49. The lowest BCUT2D eigenvalue weighted by atomic mass is 10.1. The maximum atomic E-state index is 13.7. The number of nitrogens with one attached hydrogen (secondary N) is 1. The van der Waals surface area contributed by atoms with Crippen molar-refractivity contribution < 1.29 is 13.9 Å². The third-order valence-electron chi connectivity index (χ3n) is 4.81. The molecular formula is C20H26FN5O2. The van der Waals surface area contributed by atoms with E-state index < -0.39 is 5.82 Å². The summed E-state index contributed by atoms with van der Waals surface area (Å²) in [5.41, 5.74) is 0.785. The second-order valence-electron chi connectivity index (χ2n) is 6.70. The molecule has 3 rings (SSSR count). The summed E-state index contributed by atoms with van der Waals surface area (Å²) in [6.45, 7) is 5.00. The first-order chi connectivity index (χ1) is 13.7. The quantitative estimate of drug-likeness (QED) is 0.740. The van der Waals surface area contributed by atoms with E-state index in [9.17, 15) is 9.18 Å². The van der Waals surface area contributed by atoms with E-state index in [1.807, 2.05) is 6.07 Å². The molecule has 150 valence electrons. The normalized spacial score (nSPS) is 14.7. The standard InChI is InChI=1S/C20H26FN5O2/c1-28-18-5-3-16(15-17(18)21)4-6-19(27)22-9-10-25-11-13-26(14-12-25)20-23-7-2-8-24-20/h2-3,5,7-8,15H,4,6,9-14H2,1H3,(H,22,27). The van der Waals surface area contributed by atoms with E-state index in [2.05, 4.69) is 25.1 Å². The Hall–Kier alpha value is -2.74. The van der Waals surface area contributed by atoms with Gasteiger partial charge >= 0.3 is 0 Å². The van der Waals surface area contributed by atoms with Crippen LogP contribution in [0.3, 0.4) is 0 Å². The SMILES string of the molecule is COc1ccc(CCC(=O)NCCN2CCN(c3ncccn3)CC2)cc1F. The predicted molar refractivity (Wildman–Crippen MR) is 105 cm³/mol. The fourth-order valence-electron chi connectivity index (χ4n) is 3.19. The summed E-state index contributed by atoms with van der Waals surface area (Å²) in [6.07, 6.45) is 4.35. The van der Waals surface area contributed by atoms with Crippen molar-refractivity contribution in [1.29, 1.82) is 0 Å². The number of carbonyl (C=O) groups is 1. The molecule has 0 bridgehead atoms. The number of benzene rings is 1. The van der Waals surface area contributed by atoms with Gasteiger partial charge in [-0.05, 0) is 30.2 Å². The van der Waals surface area contributed by atoms with Crippen molar-refractivity contribution in [3.63, 3.8) is 0 Å². The second-order valence-corrected chi connectivity index (χ2v) is 6.70. The Morgan fingerprint density at radius 1 is 1.21 bits per heavy atom. The number of nitrogens with zero attached hydrogens (tertiary/aromatic N) is 4. The molecule has 0 unspecified atom stereocenters. The van der Waals surface area contributed by atoms with Crippen LogP contribution < -0.4 is 15.0 Å². The fraction of sp³-hybridized carbons (Fsp3) is 0.450. The van der Waals surface area contributed by atoms with Crippen molar-refractivity contribution in [2.45, 2.75) is 12.8 Å². The first kappa shape index (κ1) is 20.0. The van der Waals surface area contributed by atoms with Gasteiger partial charge in [0.25, 0.3) is 0 Å². The van der Waals surface area contributed by atoms with Crippen LogP contribution in [0.2, 0.25) is 0 Å². The van der Waals surface area contributed by atoms with Crippen LogP contribution in [0, 0.1) is 5.82 Å². The average Bonchev–Trinajstić information content (AvgIpc) is 2.73. The van der Waals surface area contributed by atoms with Crippen LogP contribution in [0.5, 0.6) is 5.75 Å². The minimum Gasteiger partial charge on any atom is -0.494 e. The Balaban J connectivity index is 1.32. The Labute approximate surface area is 164 Å². The highest BCUT2D eigenvalue weighted by Gasteiger charge is 2.18. The highest BCUT2D eigenvalue weighted by Crippen LogP contribution is 2.18. The van der Waals surface area contributed by atoms with Crippen LogP contribution in [0.25, 0.3) is 0 Å². The van der Waals surface area contributed by atoms with Gasteiger partial charge in [-0.15, -0.1) is 0 Å². The summed E-state index contributed by atoms with van der Waals surface area (Å²) >= 11 is 0. The van der Waals surface area contributed by atoms with Gasteiger partial charge in [-0.25, -0.2) is 14.4 Å². The zero-order chi connectivity index (χ0) is 19.8. The van der Waals surface area contributed by atoms with E-state index in [1.165, 1.54) is 13.2 Å². The third kappa shape index (κ3) is 5.63. The molecular weight excluding hydrogens is 361 g/mol. The number of anilines is 1. The Bertz CT molecular complexity index is 766. The highest BCUT2D eigenvalue weighted by atomic mass is 19.1. The number of methoxy groups -OCH3 is 1. The molecule has 8 heteroatoms. The van der Waals surface area contributed by atoms with Gasteiger partial charge in [0.1, 0.15) is 0 Å². The molecule has 0 aliphatic carbocycles. The summed E-state index contributed by atoms with van der Waals surface area (Å²) in [5, 5.41) is 2.94. The Kier molecular flexibility index (Phi) is 7.13. The molecule has 0 spiro atoms. The van der Waals surface area contributed by atoms with Crippen molar-refractivity contribution in [3.05, 3.63) is 48.0 Å². The first-order valence-corrected chi connectivity index (χ1v) is 9.49. The van der Waals surface area contributed by atoms with Crippen LogP contribution >= 0.6 is 0 Å².